The molecule has 2 unspecified atom stereocenters. The number of methoxy groups -OCH3 is 1. The maximum absolute atomic E-state index is 12.7. The van der Waals surface area contributed by atoms with E-state index in [4.69, 9.17) is 20.3 Å². The first-order valence-electron chi connectivity index (χ1n) is 13.0. The molecule has 2 atom stereocenters. The molecular weight excluding hydrogens is 480 g/mol. The predicted octanol–water partition coefficient (Wildman–Crippen LogP) is 4.67. The Kier molecular flexibility index (Phi) is 7.79. The Bertz CT molecular complexity index is 1300. The summed E-state index contributed by atoms with van der Waals surface area (Å²) in [6.45, 7) is 0. The quantitative estimate of drug-likeness (QED) is 0.328. The second-order valence-corrected chi connectivity index (χ2v) is 9.70. The number of hydrogen-bond donors (Lipinski definition) is 1. The van der Waals surface area contributed by atoms with Crippen molar-refractivity contribution in [1.82, 2.24) is 9.99 Å². The third-order valence-corrected chi connectivity index (χ3v) is 7.23. The summed E-state index contributed by atoms with van der Waals surface area (Å²) in [6, 6.07) is 15.9. The van der Waals surface area contributed by atoms with E-state index in [0.717, 1.165) is 36.0 Å². The number of aldehydes is 1. The van der Waals surface area contributed by atoms with E-state index in [0.29, 0.717) is 35.5 Å². The molecule has 38 heavy (non-hydrogen) atoms. The Balaban J connectivity index is 1.38. The number of aromatic nitrogens is 1. The molecular formula is C30H32N4O4. The lowest BCUT2D eigenvalue weighted by atomic mass is 9.99. The Morgan fingerprint density at radius 3 is 2.53 bits per heavy atom. The van der Waals surface area contributed by atoms with Crippen molar-refractivity contribution in [2.75, 3.05) is 7.11 Å². The van der Waals surface area contributed by atoms with Crippen molar-refractivity contribution in [2.24, 2.45) is 10.8 Å². The Morgan fingerprint density at radius 2 is 1.84 bits per heavy atom. The summed E-state index contributed by atoms with van der Waals surface area (Å²) in [7, 11) is 1.64. The van der Waals surface area contributed by atoms with Crippen LogP contribution in [-0.2, 0) is 4.79 Å². The van der Waals surface area contributed by atoms with Crippen LogP contribution in [0.25, 0.3) is 0 Å². The van der Waals surface area contributed by atoms with Crippen LogP contribution in [0.2, 0.25) is 0 Å². The molecule has 1 fully saturated rings. The highest BCUT2D eigenvalue weighted by molar-refractivity contribution is 6.08. The number of pyridine rings is 1. The number of nitrogens with two attached hydrogens (primary N) is 1. The molecule has 5 rings (SSSR count). The van der Waals surface area contributed by atoms with Gasteiger partial charge in [0, 0.05) is 29.1 Å². The first-order valence-corrected chi connectivity index (χ1v) is 13.0. The van der Waals surface area contributed by atoms with Gasteiger partial charge < -0.3 is 20.0 Å². The van der Waals surface area contributed by atoms with Crippen LogP contribution in [0.4, 0.5) is 0 Å². The average Bonchev–Trinajstić information content (AvgIpc) is 3.49. The lowest BCUT2D eigenvalue weighted by Crippen LogP contribution is -2.43. The van der Waals surface area contributed by atoms with Crippen molar-refractivity contribution in [3.63, 3.8) is 0 Å². The molecule has 8 heteroatoms. The zero-order valence-electron chi connectivity index (χ0n) is 21.5. The van der Waals surface area contributed by atoms with Crippen molar-refractivity contribution in [3.05, 3.63) is 89.2 Å². The van der Waals surface area contributed by atoms with Crippen LogP contribution in [0, 0.1) is 0 Å². The van der Waals surface area contributed by atoms with Crippen LogP contribution >= 0.6 is 0 Å². The molecule has 1 aliphatic carbocycles. The zero-order chi connectivity index (χ0) is 26.5. The number of nitrogens with zero attached hydrogens (tertiary/aromatic N) is 3. The van der Waals surface area contributed by atoms with Gasteiger partial charge in [0.25, 0.3) is 0 Å². The van der Waals surface area contributed by atoms with Gasteiger partial charge in [-0.15, -0.1) is 0 Å². The van der Waals surface area contributed by atoms with Crippen LogP contribution in [0.15, 0.2) is 72.1 Å². The van der Waals surface area contributed by atoms with Gasteiger partial charge in [-0.2, -0.15) is 5.10 Å². The molecule has 196 valence electrons. The smallest absolute Gasteiger partial charge is 0.194 e. The highest BCUT2D eigenvalue weighted by Gasteiger charge is 2.29. The summed E-state index contributed by atoms with van der Waals surface area (Å²) < 4.78 is 11.8. The third kappa shape index (κ3) is 5.45. The third-order valence-electron chi connectivity index (χ3n) is 7.23. The Morgan fingerprint density at radius 1 is 1.05 bits per heavy atom. The number of benzene rings is 2. The molecule has 1 aromatic heterocycles. The zero-order valence-corrected chi connectivity index (χ0v) is 21.5. The molecule has 2 heterocycles. The summed E-state index contributed by atoms with van der Waals surface area (Å²) >= 11 is 0. The van der Waals surface area contributed by atoms with Crippen molar-refractivity contribution < 1.29 is 19.1 Å². The van der Waals surface area contributed by atoms with Gasteiger partial charge in [0.15, 0.2) is 17.3 Å². The number of ether oxygens (including phenoxy) is 2. The molecule has 0 saturated heterocycles. The van der Waals surface area contributed by atoms with E-state index >= 15 is 0 Å². The second-order valence-electron chi connectivity index (χ2n) is 9.70. The first kappa shape index (κ1) is 25.6. The fourth-order valence-electron chi connectivity index (χ4n) is 5.06. The molecule has 3 aromatic rings. The molecule has 0 bridgehead atoms. The topological polar surface area (TPSA) is 107 Å². The summed E-state index contributed by atoms with van der Waals surface area (Å²) in [5.74, 6) is 1.29. The van der Waals surface area contributed by atoms with Crippen LogP contribution < -0.4 is 15.2 Å². The van der Waals surface area contributed by atoms with Gasteiger partial charge in [-0.25, -0.2) is 0 Å². The molecule has 0 amide bonds. The highest BCUT2D eigenvalue weighted by atomic mass is 16.5. The number of hydrogen-bond acceptors (Lipinski definition) is 8. The maximum atomic E-state index is 12.7. The van der Waals surface area contributed by atoms with E-state index in [1.165, 1.54) is 12.8 Å². The molecule has 1 saturated carbocycles. The van der Waals surface area contributed by atoms with E-state index in [2.05, 4.69) is 4.98 Å². The molecule has 2 aromatic carbocycles. The van der Waals surface area contributed by atoms with Gasteiger partial charge in [-0.1, -0.05) is 24.3 Å². The van der Waals surface area contributed by atoms with Crippen LogP contribution in [-0.4, -0.2) is 47.0 Å². The normalized spacial score (nSPS) is 18.5. The molecule has 8 nitrogen and oxygen atoms in total. The van der Waals surface area contributed by atoms with E-state index in [1.54, 1.807) is 60.9 Å². The standard InChI is InChI=1S/C30H32N4O4/c1-37-27-15-12-22(17-28(27)38-25-6-2-3-7-25)26-14-13-24(19-35)34(33-26)30(31)21-10-8-20(9-11-21)29(36)23-5-4-16-32-18-23/h4-5,8-12,15-19,24-25,30H,2-3,6-7,13-14,31H2,1H3. The predicted molar refractivity (Wildman–Crippen MR) is 144 cm³/mol. The number of carbonyl (C=O) groups is 2. The van der Waals surface area contributed by atoms with Gasteiger partial charge in [0.05, 0.1) is 18.9 Å². The highest BCUT2D eigenvalue weighted by Crippen LogP contribution is 2.34. The summed E-state index contributed by atoms with van der Waals surface area (Å²) in [6.07, 6.45) is 9.29. The van der Waals surface area contributed by atoms with Gasteiger partial charge >= 0.3 is 0 Å². The molecule has 1 aliphatic heterocycles. The fourth-order valence-corrected chi connectivity index (χ4v) is 5.06. The van der Waals surface area contributed by atoms with Gasteiger partial charge in [-0.05, 0) is 74.4 Å². The number of ketones is 1. The number of rotatable bonds is 9. The van der Waals surface area contributed by atoms with Crippen molar-refractivity contribution in [3.8, 4) is 11.5 Å². The fraction of sp³-hybridized carbons (Fsp3) is 0.333. The summed E-state index contributed by atoms with van der Waals surface area (Å²) in [4.78, 5) is 28.7. The molecule has 2 aliphatic rings. The molecule has 2 N–H and O–H groups in total. The van der Waals surface area contributed by atoms with Crippen molar-refractivity contribution >= 4 is 17.8 Å². The second kappa shape index (κ2) is 11.6. The van der Waals surface area contributed by atoms with E-state index in [9.17, 15) is 9.59 Å². The minimum absolute atomic E-state index is 0.114. The van der Waals surface area contributed by atoms with Crippen LogP contribution in [0.5, 0.6) is 11.5 Å². The molecule has 0 radical (unpaired) electrons. The molecule has 0 spiro atoms. The van der Waals surface area contributed by atoms with Gasteiger partial charge in [-0.3, -0.25) is 14.8 Å². The van der Waals surface area contributed by atoms with E-state index in [-0.39, 0.29) is 11.9 Å². The first-order chi connectivity index (χ1) is 18.6. The minimum atomic E-state index is -0.657. The van der Waals surface area contributed by atoms with Crippen molar-refractivity contribution in [1.29, 1.82) is 0 Å². The van der Waals surface area contributed by atoms with E-state index in [1.807, 2.05) is 18.2 Å². The lowest BCUT2D eigenvalue weighted by Gasteiger charge is -2.35. The minimum Gasteiger partial charge on any atom is -0.493 e. The lowest BCUT2D eigenvalue weighted by molar-refractivity contribution is -0.113. The Hall–Kier alpha value is -4.04. The number of hydrazone groups is 1. The monoisotopic (exact) mass is 512 g/mol. The average molecular weight is 513 g/mol. The van der Waals surface area contributed by atoms with E-state index < -0.39 is 12.2 Å². The maximum Gasteiger partial charge on any atom is 0.194 e. The van der Waals surface area contributed by atoms with Crippen LogP contribution in [0.1, 0.15) is 71.7 Å². The largest absolute Gasteiger partial charge is 0.493 e. The van der Waals surface area contributed by atoms with Crippen LogP contribution in [0.3, 0.4) is 0 Å². The van der Waals surface area contributed by atoms with Gasteiger partial charge in [0.1, 0.15) is 18.5 Å². The SMILES string of the molecule is COc1ccc(C2=NN(C(N)c3ccc(C(=O)c4cccnc4)cc3)C(C=O)CC2)cc1OC1CCCC1. The summed E-state index contributed by atoms with van der Waals surface area (Å²) in [5.41, 5.74) is 10.2. The van der Waals surface area contributed by atoms with Gasteiger partial charge in [0.2, 0.25) is 0 Å². The Labute approximate surface area is 222 Å². The summed E-state index contributed by atoms with van der Waals surface area (Å²) in [5, 5.41) is 6.49. The number of carbonyl (C=O) groups excluding carboxylic acids is 2. The van der Waals surface area contributed by atoms with Crippen molar-refractivity contribution in [2.45, 2.75) is 56.8 Å².